The maximum absolute atomic E-state index is 12.1. The molecule has 0 saturated carbocycles. The van der Waals surface area contributed by atoms with Gasteiger partial charge in [-0.2, -0.15) is 0 Å². The molecule has 7 heteroatoms. The van der Waals surface area contributed by atoms with Gasteiger partial charge in [0.25, 0.3) is 5.56 Å². The number of carbonyl (C=O) groups excluding carboxylic acids is 2. The van der Waals surface area contributed by atoms with Crippen LogP contribution in [0.25, 0.3) is 10.9 Å². The Morgan fingerprint density at radius 2 is 1.92 bits per heavy atom. The van der Waals surface area contributed by atoms with Gasteiger partial charge in [-0.1, -0.05) is 12.1 Å². The van der Waals surface area contributed by atoms with Crippen LogP contribution in [-0.4, -0.2) is 28.8 Å². The molecule has 3 aromatic rings. The lowest BCUT2D eigenvalue weighted by atomic mass is 10.2. The van der Waals surface area contributed by atoms with Gasteiger partial charge in [0, 0.05) is 5.56 Å². The maximum atomic E-state index is 12.1. The summed E-state index contributed by atoms with van der Waals surface area (Å²) in [6.45, 7) is 1.31. The van der Waals surface area contributed by atoms with Gasteiger partial charge in [-0.05, 0) is 43.3 Å². The van der Waals surface area contributed by atoms with E-state index in [9.17, 15) is 14.4 Å². The van der Waals surface area contributed by atoms with Gasteiger partial charge in [-0.15, -0.1) is 0 Å². The molecule has 0 saturated heterocycles. The third-order valence-electron chi connectivity index (χ3n) is 3.70. The lowest BCUT2D eigenvalue weighted by Gasteiger charge is -2.13. The lowest BCUT2D eigenvalue weighted by molar-refractivity contribution is -0.151. The predicted molar refractivity (Wildman–Crippen MR) is 94.2 cm³/mol. The number of aromatic nitrogens is 2. The molecule has 1 heterocycles. The van der Waals surface area contributed by atoms with Gasteiger partial charge in [-0.25, -0.2) is 9.78 Å². The topological polar surface area (TPSA) is 98.3 Å². The van der Waals surface area contributed by atoms with Gasteiger partial charge < -0.3 is 14.5 Å². The second kappa shape index (κ2) is 7.60. The number of aldehydes is 1. The Morgan fingerprint density at radius 3 is 2.65 bits per heavy atom. The van der Waals surface area contributed by atoms with E-state index >= 15 is 0 Å². The zero-order chi connectivity index (χ0) is 18.5. The van der Waals surface area contributed by atoms with Crippen LogP contribution in [0.3, 0.4) is 0 Å². The van der Waals surface area contributed by atoms with Gasteiger partial charge in [0.2, 0.25) is 0 Å². The first-order chi connectivity index (χ1) is 12.6. The smallest absolute Gasteiger partial charge is 0.344 e. The van der Waals surface area contributed by atoms with Crippen molar-refractivity contribution in [2.24, 2.45) is 0 Å². The van der Waals surface area contributed by atoms with Crippen molar-refractivity contribution in [3.8, 4) is 5.75 Å². The summed E-state index contributed by atoms with van der Waals surface area (Å²) in [6, 6.07) is 13.3. The highest BCUT2D eigenvalue weighted by atomic mass is 16.6. The van der Waals surface area contributed by atoms with Crippen molar-refractivity contribution < 1.29 is 19.1 Å². The van der Waals surface area contributed by atoms with Gasteiger partial charge in [0.15, 0.2) is 18.5 Å². The van der Waals surface area contributed by atoms with Crippen LogP contribution in [0.15, 0.2) is 53.3 Å². The standard InChI is InChI=1S/C19H16N2O5/c1-12(18-20-16-5-3-2-4-15(16)19(24)21-18)26-17(23)11-25-14-8-6-13(10-22)7-9-14/h2-10,12H,11H2,1H3,(H,20,21,24)/t12-/m1/s1. The molecule has 1 aromatic heterocycles. The summed E-state index contributed by atoms with van der Waals surface area (Å²) in [7, 11) is 0. The molecule has 0 aliphatic heterocycles. The van der Waals surface area contributed by atoms with E-state index in [2.05, 4.69) is 9.97 Å². The maximum Gasteiger partial charge on any atom is 0.344 e. The molecular formula is C19H16N2O5. The highest BCUT2D eigenvalue weighted by Gasteiger charge is 2.16. The highest BCUT2D eigenvalue weighted by molar-refractivity contribution is 5.77. The molecule has 0 spiro atoms. The minimum Gasteiger partial charge on any atom is -0.482 e. The first-order valence-electron chi connectivity index (χ1n) is 7.93. The molecule has 0 bridgehead atoms. The van der Waals surface area contributed by atoms with Gasteiger partial charge in [-0.3, -0.25) is 9.59 Å². The fourth-order valence-electron chi connectivity index (χ4n) is 2.37. The largest absolute Gasteiger partial charge is 0.482 e. The fourth-order valence-corrected chi connectivity index (χ4v) is 2.37. The summed E-state index contributed by atoms with van der Waals surface area (Å²) in [5.41, 5.74) is 0.751. The van der Waals surface area contributed by atoms with E-state index in [1.54, 1.807) is 55.5 Å². The molecule has 1 N–H and O–H groups in total. The molecule has 26 heavy (non-hydrogen) atoms. The summed E-state index contributed by atoms with van der Waals surface area (Å²) in [4.78, 5) is 41.6. The van der Waals surface area contributed by atoms with Gasteiger partial charge >= 0.3 is 5.97 Å². The van der Waals surface area contributed by atoms with Crippen molar-refractivity contribution in [2.75, 3.05) is 6.61 Å². The molecule has 0 unspecified atom stereocenters. The van der Waals surface area contributed by atoms with Crippen LogP contribution in [0.5, 0.6) is 5.75 Å². The first kappa shape index (κ1) is 17.3. The van der Waals surface area contributed by atoms with Crippen LogP contribution in [0.4, 0.5) is 0 Å². The molecule has 0 aliphatic carbocycles. The van der Waals surface area contributed by atoms with Crippen LogP contribution < -0.4 is 10.3 Å². The van der Waals surface area contributed by atoms with E-state index in [0.717, 1.165) is 6.29 Å². The van der Waals surface area contributed by atoms with Crippen LogP contribution in [-0.2, 0) is 9.53 Å². The third-order valence-corrected chi connectivity index (χ3v) is 3.70. The van der Waals surface area contributed by atoms with E-state index in [-0.39, 0.29) is 18.0 Å². The average molecular weight is 352 g/mol. The van der Waals surface area contributed by atoms with E-state index < -0.39 is 12.1 Å². The van der Waals surface area contributed by atoms with Crippen LogP contribution in [0.1, 0.15) is 29.2 Å². The van der Waals surface area contributed by atoms with Crippen molar-refractivity contribution in [2.45, 2.75) is 13.0 Å². The SMILES string of the molecule is C[C@@H](OC(=O)COc1ccc(C=O)cc1)c1nc2ccccc2c(=O)[nH]1. The summed E-state index contributed by atoms with van der Waals surface area (Å²) >= 11 is 0. The molecule has 1 atom stereocenters. The number of fused-ring (bicyclic) bond motifs is 1. The summed E-state index contributed by atoms with van der Waals surface area (Å²) in [5, 5.41) is 0.469. The van der Waals surface area contributed by atoms with Crippen LogP contribution in [0.2, 0.25) is 0 Å². The Bertz CT molecular complexity index is 995. The zero-order valence-electron chi connectivity index (χ0n) is 14.0. The quantitative estimate of drug-likeness (QED) is 0.540. The summed E-state index contributed by atoms with van der Waals surface area (Å²) in [5.74, 6) is 0.0996. The molecular weight excluding hydrogens is 336 g/mol. The Balaban J connectivity index is 1.63. The van der Waals surface area contributed by atoms with Crippen LogP contribution >= 0.6 is 0 Å². The van der Waals surface area contributed by atoms with Gasteiger partial charge in [0.1, 0.15) is 12.0 Å². The number of nitrogens with one attached hydrogen (secondary N) is 1. The third kappa shape index (κ3) is 3.94. The second-order valence-corrected chi connectivity index (χ2v) is 5.58. The van der Waals surface area contributed by atoms with Crippen molar-refractivity contribution in [3.63, 3.8) is 0 Å². The number of ether oxygens (including phenoxy) is 2. The Morgan fingerprint density at radius 1 is 1.19 bits per heavy atom. The number of para-hydroxylation sites is 1. The monoisotopic (exact) mass is 352 g/mol. The molecule has 2 aromatic carbocycles. The van der Waals surface area contributed by atoms with E-state index in [4.69, 9.17) is 9.47 Å². The molecule has 0 fully saturated rings. The number of nitrogens with zero attached hydrogens (tertiary/aromatic N) is 1. The predicted octanol–water partition coefficient (Wildman–Crippen LogP) is 2.42. The minimum atomic E-state index is -0.735. The Kier molecular flexibility index (Phi) is 5.07. The molecule has 3 rings (SSSR count). The molecule has 0 radical (unpaired) electrons. The number of esters is 1. The van der Waals surface area contributed by atoms with Gasteiger partial charge in [0.05, 0.1) is 10.9 Å². The van der Waals surface area contributed by atoms with Crippen molar-refractivity contribution in [1.29, 1.82) is 0 Å². The fraction of sp³-hybridized carbons (Fsp3) is 0.158. The number of benzene rings is 2. The van der Waals surface area contributed by atoms with E-state index in [1.807, 2.05) is 0 Å². The number of hydrogen-bond donors (Lipinski definition) is 1. The molecule has 0 aliphatic rings. The molecule has 7 nitrogen and oxygen atoms in total. The average Bonchev–Trinajstić information content (AvgIpc) is 2.66. The normalized spacial score (nSPS) is 11.7. The number of H-pyrrole nitrogens is 1. The zero-order valence-corrected chi connectivity index (χ0v) is 14.0. The van der Waals surface area contributed by atoms with Crippen LogP contribution in [0, 0.1) is 0 Å². The molecule has 0 amide bonds. The highest BCUT2D eigenvalue weighted by Crippen LogP contribution is 2.15. The summed E-state index contributed by atoms with van der Waals surface area (Å²) in [6.07, 6.45) is -0.0160. The van der Waals surface area contributed by atoms with Crippen molar-refractivity contribution in [3.05, 3.63) is 70.3 Å². The number of carbonyl (C=O) groups is 2. The number of rotatable bonds is 6. The van der Waals surface area contributed by atoms with E-state index in [1.165, 1.54) is 0 Å². The summed E-state index contributed by atoms with van der Waals surface area (Å²) < 4.78 is 10.6. The van der Waals surface area contributed by atoms with Crippen molar-refractivity contribution >= 4 is 23.2 Å². The first-order valence-corrected chi connectivity index (χ1v) is 7.93. The second-order valence-electron chi connectivity index (χ2n) is 5.58. The van der Waals surface area contributed by atoms with E-state index in [0.29, 0.717) is 22.2 Å². The Labute approximate surface area is 148 Å². The lowest BCUT2D eigenvalue weighted by Crippen LogP contribution is -2.20. The number of hydrogen-bond acceptors (Lipinski definition) is 6. The molecule has 132 valence electrons. The Hall–Kier alpha value is -3.48. The van der Waals surface area contributed by atoms with Crippen molar-refractivity contribution in [1.82, 2.24) is 9.97 Å². The number of aromatic amines is 1. The minimum absolute atomic E-state index is 0.261.